The van der Waals surface area contributed by atoms with Crippen LogP contribution in [0.1, 0.15) is 13.8 Å². The van der Waals surface area contributed by atoms with Crippen molar-refractivity contribution in [1.29, 1.82) is 0 Å². The molecule has 0 radical (unpaired) electrons. The fourth-order valence-corrected chi connectivity index (χ4v) is 1.47. The van der Waals surface area contributed by atoms with Gasteiger partial charge in [0.15, 0.2) is 6.10 Å². The van der Waals surface area contributed by atoms with Crippen LogP contribution >= 0.6 is 0 Å². The van der Waals surface area contributed by atoms with Gasteiger partial charge < -0.3 is 20.1 Å². The number of aliphatic hydroxyl groups is 3. The average Bonchev–Trinajstić information content (AvgIpc) is 2.29. The molecule has 0 heterocycles. The maximum atomic E-state index is 11.4. The fourth-order valence-electron chi connectivity index (χ4n) is 1.47. The Balaban J connectivity index is 2.91. The van der Waals surface area contributed by atoms with Gasteiger partial charge >= 0.3 is 5.97 Å². The van der Waals surface area contributed by atoms with E-state index >= 15 is 0 Å². The summed E-state index contributed by atoms with van der Waals surface area (Å²) < 4.78 is 4.93. The Hall–Kier alpha value is -1.24. The van der Waals surface area contributed by atoms with Crippen molar-refractivity contribution in [2.45, 2.75) is 38.3 Å². The minimum Gasteiger partial charge on any atom is -0.454 e. The van der Waals surface area contributed by atoms with E-state index < -0.39 is 36.3 Å². The number of carbonyl (C=O) groups excluding carboxylic acids is 2. The number of aliphatic hydroxyl groups excluding tert-OH is 3. The van der Waals surface area contributed by atoms with Crippen LogP contribution < -0.4 is 0 Å². The summed E-state index contributed by atoms with van der Waals surface area (Å²) in [5.74, 6) is -1.01. The van der Waals surface area contributed by atoms with E-state index in [2.05, 4.69) is 0 Å². The summed E-state index contributed by atoms with van der Waals surface area (Å²) in [4.78, 5) is 22.1. The number of esters is 1. The lowest BCUT2D eigenvalue weighted by Crippen LogP contribution is -2.50. The monoisotopic (exact) mass is 244 g/mol. The summed E-state index contributed by atoms with van der Waals surface area (Å²) in [5, 5.41) is 28.4. The first-order valence-electron chi connectivity index (χ1n) is 5.30. The van der Waals surface area contributed by atoms with Crippen molar-refractivity contribution in [2.24, 2.45) is 5.92 Å². The molecule has 0 amide bonds. The lowest BCUT2D eigenvalue weighted by Gasteiger charge is -2.33. The highest BCUT2D eigenvalue weighted by Crippen LogP contribution is 2.22. The van der Waals surface area contributed by atoms with Gasteiger partial charge in [0.1, 0.15) is 24.6 Å². The van der Waals surface area contributed by atoms with Crippen LogP contribution in [0.3, 0.4) is 0 Å². The predicted molar refractivity (Wildman–Crippen MR) is 56.9 cm³/mol. The molecule has 0 aliphatic heterocycles. The molecule has 0 aromatic heterocycles. The summed E-state index contributed by atoms with van der Waals surface area (Å²) in [5.41, 5.74) is -0.0516. The third-order valence-corrected chi connectivity index (χ3v) is 2.55. The van der Waals surface area contributed by atoms with Crippen molar-refractivity contribution in [3.05, 3.63) is 11.6 Å². The first-order valence-corrected chi connectivity index (χ1v) is 5.30. The van der Waals surface area contributed by atoms with Gasteiger partial charge in [-0.2, -0.15) is 0 Å². The molecule has 1 rings (SSSR count). The molecule has 4 unspecified atom stereocenters. The Labute approximate surface area is 98.5 Å². The molecule has 3 N–H and O–H groups in total. The molecule has 0 spiro atoms. The molecular weight excluding hydrogens is 228 g/mol. The minimum absolute atomic E-state index is 0.0516. The number of hydrogen-bond donors (Lipinski definition) is 3. The van der Waals surface area contributed by atoms with Gasteiger partial charge in [0.2, 0.25) is 0 Å². The third kappa shape index (κ3) is 2.91. The Morgan fingerprint density at radius 1 is 1.35 bits per heavy atom. The van der Waals surface area contributed by atoms with Gasteiger partial charge in [0.25, 0.3) is 0 Å². The maximum Gasteiger partial charge on any atom is 0.309 e. The second kappa shape index (κ2) is 5.39. The van der Waals surface area contributed by atoms with Crippen molar-refractivity contribution in [3.63, 3.8) is 0 Å². The maximum absolute atomic E-state index is 11.4. The molecule has 6 heteroatoms. The minimum atomic E-state index is -1.52. The van der Waals surface area contributed by atoms with Crippen molar-refractivity contribution in [2.75, 3.05) is 0 Å². The molecule has 17 heavy (non-hydrogen) atoms. The molecule has 0 saturated heterocycles. The van der Waals surface area contributed by atoms with Crippen LogP contribution in [0.25, 0.3) is 0 Å². The fraction of sp³-hybridized carbons (Fsp3) is 0.636. The van der Waals surface area contributed by atoms with E-state index in [4.69, 9.17) is 4.74 Å². The highest BCUT2D eigenvalue weighted by Gasteiger charge is 2.40. The van der Waals surface area contributed by atoms with E-state index in [1.165, 1.54) is 0 Å². The van der Waals surface area contributed by atoms with Gasteiger partial charge in [-0.1, -0.05) is 13.8 Å². The Bertz CT molecular complexity index is 335. The number of carbonyl (C=O) groups is 2. The summed E-state index contributed by atoms with van der Waals surface area (Å²) in [7, 11) is 0. The summed E-state index contributed by atoms with van der Waals surface area (Å²) in [6.07, 6.45) is -4.12. The topological polar surface area (TPSA) is 104 Å². The molecule has 0 aromatic rings. The van der Waals surface area contributed by atoms with E-state index in [9.17, 15) is 24.9 Å². The standard InChI is InChI=1S/C11H16O6/c1-5(2)11(16)17-10-6(4-12)3-7(13)8(14)9(10)15/h3-5,7-10,13-15H,1-2H3. The second-order valence-electron chi connectivity index (χ2n) is 4.27. The summed E-state index contributed by atoms with van der Waals surface area (Å²) >= 11 is 0. The first-order chi connectivity index (χ1) is 7.88. The van der Waals surface area contributed by atoms with Crippen molar-refractivity contribution in [1.82, 2.24) is 0 Å². The van der Waals surface area contributed by atoms with E-state index in [-0.39, 0.29) is 5.57 Å². The highest BCUT2D eigenvalue weighted by atomic mass is 16.6. The molecular formula is C11H16O6. The van der Waals surface area contributed by atoms with Gasteiger partial charge in [-0.15, -0.1) is 0 Å². The van der Waals surface area contributed by atoms with Crippen LogP contribution in [0.2, 0.25) is 0 Å². The zero-order chi connectivity index (χ0) is 13.2. The number of rotatable bonds is 3. The van der Waals surface area contributed by atoms with E-state index in [0.717, 1.165) is 6.08 Å². The van der Waals surface area contributed by atoms with Crippen LogP contribution in [0.15, 0.2) is 11.6 Å². The van der Waals surface area contributed by atoms with Gasteiger partial charge in [0.05, 0.1) is 5.92 Å². The first kappa shape index (κ1) is 13.8. The van der Waals surface area contributed by atoms with Crippen molar-refractivity contribution < 1.29 is 29.6 Å². The van der Waals surface area contributed by atoms with Crippen molar-refractivity contribution >= 4 is 12.3 Å². The summed E-state index contributed by atoms with van der Waals surface area (Å²) in [6, 6.07) is 0. The lowest BCUT2D eigenvalue weighted by atomic mass is 9.90. The lowest BCUT2D eigenvalue weighted by molar-refractivity contribution is -0.165. The zero-order valence-corrected chi connectivity index (χ0v) is 9.61. The third-order valence-electron chi connectivity index (χ3n) is 2.55. The number of ether oxygens (including phenoxy) is 1. The second-order valence-corrected chi connectivity index (χ2v) is 4.27. The van der Waals surface area contributed by atoms with Gasteiger partial charge in [-0.05, 0) is 6.08 Å². The molecule has 0 aromatic carbocycles. The predicted octanol–water partition coefficient (Wildman–Crippen LogP) is -1.22. The average molecular weight is 244 g/mol. The molecule has 0 fully saturated rings. The van der Waals surface area contributed by atoms with Gasteiger partial charge in [-0.3, -0.25) is 9.59 Å². The van der Waals surface area contributed by atoms with Gasteiger partial charge in [0, 0.05) is 5.57 Å². The molecule has 4 atom stereocenters. The highest BCUT2D eigenvalue weighted by molar-refractivity contribution is 5.78. The quantitative estimate of drug-likeness (QED) is 0.424. The van der Waals surface area contributed by atoms with Crippen LogP contribution in [0, 0.1) is 5.92 Å². The summed E-state index contributed by atoms with van der Waals surface area (Å²) in [6.45, 7) is 3.21. The van der Waals surface area contributed by atoms with Crippen LogP contribution in [-0.2, 0) is 14.3 Å². The van der Waals surface area contributed by atoms with Gasteiger partial charge in [-0.25, -0.2) is 0 Å². The Morgan fingerprint density at radius 2 is 1.94 bits per heavy atom. The van der Waals surface area contributed by atoms with Crippen LogP contribution in [-0.4, -0.2) is 52.0 Å². The zero-order valence-electron chi connectivity index (χ0n) is 9.61. The number of hydrogen-bond acceptors (Lipinski definition) is 6. The van der Waals surface area contributed by atoms with Crippen LogP contribution in [0.5, 0.6) is 0 Å². The SMILES string of the molecule is CC(C)C(=O)OC1C(C=O)=CC(O)C(O)C1O. The van der Waals surface area contributed by atoms with E-state index in [1.807, 2.05) is 0 Å². The smallest absolute Gasteiger partial charge is 0.309 e. The normalized spacial score (nSPS) is 33.2. The van der Waals surface area contributed by atoms with Crippen LogP contribution in [0.4, 0.5) is 0 Å². The molecule has 0 saturated carbocycles. The Morgan fingerprint density at radius 3 is 2.41 bits per heavy atom. The number of aldehydes is 1. The molecule has 0 bridgehead atoms. The van der Waals surface area contributed by atoms with E-state index in [1.54, 1.807) is 13.8 Å². The Kier molecular flexibility index (Phi) is 4.39. The van der Waals surface area contributed by atoms with E-state index in [0.29, 0.717) is 6.29 Å². The largest absolute Gasteiger partial charge is 0.454 e. The molecule has 96 valence electrons. The molecule has 1 aliphatic rings. The van der Waals surface area contributed by atoms with Crippen molar-refractivity contribution in [3.8, 4) is 0 Å². The molecule has 1 aliphatic carbocycles. The molecule has 6 nitrogen and oxygen atoms in total.